The van der Waals surface area contributed by atoms with Crippen molar-refractivity contribution in [2.75, 3.05) is 5.73 Å². The standard InChI is InChI=1S/C18H18N6S2/c1-8-4-5-11-13(6-8)25-17-14(11)15(20)21-18(22-17)26-16-12(7-19)9(2)10(3)23-24-16/h8H,4-6H2,1-3H3,(H2,20,21,22). The molecule has 4 rings (SSSR count). The highest BCUT2D eigenvalue weighted by atomic mass is 32.2. The van der Waals surface area contributed by atoms with E-state index in [0.29, 0.717) is 27.5 Å². The summed E-state index contributed by atoms with van der Waals surface area (Å²) in [5.74, 6) is 1.21. The number of nitrogen functional groups attached to an aromatic ring is 1. The van der Waals surface area contributed by atoms with Gasteiger partial charge in [0.25, 0.3) is 0 Å². The zero-order valence-corrected chi connectivity index (χ0v) is 16.5. The zero-order chi connectivity index (χ0) is 18.4. The van der Waals surface area contributed by atoms with Crippen LogP contribution in [0.5, 0.6) is 0 Å². The van der Waals surface area contributed by atoms with Gasteiger partial charge in [-0.15, -0.1) is 16.4 Å². The van der Waals surface area contributed by atoms with Gasteiger partial charge in [-0.25, -0.2) is 9.97 Å². The van der Waals surface area contributed by atoms with E-state index in [-0.39, 0.29) is 0 Å². The number of rotatable bonds is 2. The summed E-state index contributed by atoms with van der Waals surface area (Å²) in [7, 11) is 0. The number of anilines is 1. The number of aryl methyl sites for hydroxylation is 2. The van der Waals surface area contributed by atoms with Gasteiger partial charge in [-0.3, -0.25) is 0 Å². The van der Waals surface area contributed by atoms with Crippen molar-refractivity contribution in [2.24, 2.45) is 5.92 Å². The predicted octanol–water partition coefficient (Wildman–Crippen LogP) is 3.83. The summed E-state index contributed by atoms with van der Waals surface area (Å²) in [5, 5.41) is 19.8. The van der Waals surface area contributed by atoms with E-state index in [0.717, 1.165) is 34.3 Å². The van der Waals surface area contributed by atoms with E-state index in [2.05, 4.69) is 28.2 Å². The van der Waals surface area contributed by atoms with Gasteiger partial charge < -0.3 is 5.73 Å². The first-order chi connectivity index (χ1) is 12.5. The third-order valence-corrected chi connectivity index (χ3v) is 6.88. The Morgan fingerprint density at radius 1 is 1.27 bits per heavy atom. The van der Waals surface area contributed by atoms with Crippen LogP contribution in [0.15, 0.2) is 10.2 Å². The molecule has 0 fully saturated rings. The van der Waals surface area contributed by atoms with E-state index < -0.39 is 0 Å². The number of nitrogens with two attached hydrogens (primary N) is 1. The molecule has 1 unspecified atom stereocenters. The molecular weight excluding hydrogens is 364 g/mol. The fourth-order valence-electron chi connectivity index (χ4n) is 3.27. The quantitative estimate of drug-likeness (QED) is 0.672. The molecule has 3 aromatic rings. The number of nitriles is 1. The minimum atomic E-state index is 0.510. The first-order valence-corrected chi connectivity index (χ1v) is 10.1. The van der Waals surface area contributed by atoms with Crippen molar-refractivity contribution in [1.29, 1.82) is 5.26 Å². The molecular formula is C18H18N6S2. The second kappa shape index (κ2) is 6.49. The first kappa shape index (κ1) is 17.2. The van der Waals surface area contributed by atoms with E-state index in [1.54, 1.807) is 11.3 Å². The average molecular weight is 383 g/mol. The van der Waals surface area contributed by atoms with E-state index in [9.17, 15) is 5.26 Å². The number of thiophene rings is 1. The van der Waals surface area contributed by atoms with Crippen LogP contribution >= 0.6 is 23.1 Å². The van der Waals surface area contributed by atoms with Gasteiger partial charge in [0.1, 0.15) is 21.7 Å². The highest BCUT2D eigenvalue weighted by Gasteiger charge is 2.24. The number of fused-ring (bicyclic) bond motifs is 3. The summed E-state index contributed by atoms with van der Waals surface area (Å²) < 4.78 is 0. The van der Waals surface area contributed by atoms with E-state index >= 15 is 0 Å². The Kier molecular flexibility index (Phi) is 4.29. The minimum absolute atomic E-state index is 0.510. The van der Waals surface area contributed by atoms with Crippen LogP contribution in [0.2, 0.25) is 0 Å². The van der Waals surface area contributed by atoms with E-state index in [1.165, 1.54) is 28.6 Å². The molecule has 0 saturated heterocycles. The third-order valence-electron chi connectivity index (χ3n) is 4.88. The van der Waals surface area contributed by atoms with Crippen LogP contribution in [0, 0.1) is 31.1 Å². The van der Waals surface area contributed by atoms with Crippen LogP contribution in [0.4, 0.5) is 5.82 Å². The second-order valence-corrected chi connectivity index (χ2v) is 8.77. The SMILES string of the molecule is Cc1nnc(Sc2nc(N)c3c4c(sc3n2)CC(C)CC4)c(C#N)c1C. The molecule has 26 heavy (non-hydrogen) atoms. The molecule has 1 aliphatic rings. The van der Waals surface area contributed by atoms with Gasteiger partial charge in [0.15, 0.2) is 5.16 Å². The normalized spacial score (nSPS) is 16.5. The molecule has 0 aromatic carbocycles. The molecule has 132 valence electrons. The van der Waals surface area contributed by atoms with Crippen LogP contribution in [0.3, 0.4) is 0 Å². The molecule has 0 aliphatic heterocycles. The van der Waals surface area contributed by atoms with Crippen molar-refractivity contribution >= 4 is 39.1 Å². The second-order valence-electron chi connectivity index (χ2n) is 6.73. The Balaban J connectivity index is 1.78. The molecule has 3 aromatic heterocycles. The maximum absolute atomic E-state index is 9.47. The van der Waals surface area contributed by atoms with Gasteiger partial charge in [0, 0.05) is 4.88 Å². The number of nitrogens with zero attached hydrogens (tertiary/aromatic N) is 5. The smallest absolute Gasteiger partial charge is 0.197 e. The van der Waals surface area contributed by atoms with Crippen LogP contribution in [-0.2, 0) is 12.8 Å². The zero-order valence-electron chi connectivity index (χ0n) is 14.8. The molecule has 0 spiro atoms. The summed E-state index contributed by atoms with van der Waals surface area (Å²) in [5.41, 5.74) is 9.70. The average Bonchev–Trinajstić information content (AvgIpc) is 2.96. The van der Waals surface area contributed by atoms with E-state index in [4.69, 9.17) is 10.7 Å². The van der Waals surface area contributed by atoms with Gasteiger partial charge in [-0.1, -0.05) is 6.92 Å². The lowest BCUT2D eigenvalue weighted by Gasteiger charge is -2.17. The molecule has 0 saturated carbocycles. The summed E-state index contributed by atoms with van der Waals surface area (Å²) >= 11 is 2.96. The van der Waals surface area contributed by atoms with Crippen molar-refractivity contribution in [3.63, 3.8) is 0 Å². The molecule has 1 atom stereocenters. The third kappa shape index (κ3) is 2.81. The highest BCUT2D eigenvalue weighted by Crippen LogP contribution is 2.40. The lowest BCUT2D eigenvalue weighted by molar-refractivity contribution is 0.509. The molecule has 2 N–H and O–H groups in total. The maximum Gasteiger partial charge on any atom is 0.197 e. The van der Waals surface area contributed by atoms with Crippen molar-refractivity contribution in [3.8, 4) is 6.07 Å². The van der Waals surface area contributed by atoms with Crippen molar-refractivity contribution < 1.29 is 0 Å². The first-order valence-electron chi connectivity index (χ1n) is 8.47. The van der Waals surface area contributed by atoms with Crippen LogP contribution < -0.4 is 5.73 Å². The number of aromatic nitrogens is 4. The maximum atomic E-state index is 9.47. The molecule has 3 heterocycles. The largest absolute Gasteiger partial charge is 0.383 e. The highest BCUT2D eigenvalue weighted by molar-refractivity contribution is 7.99. The van der Waals surface area contributed by atoms with Gasteiger partial charge in [0.05, 0.1) is 16.6 Å². The summed E-state index contributed by atoms with van der Waals surface area (Å²) in [6.45, 7) is 6.00. The fraction of sp³-hybridized carbons (Fsp3) is 0.389. The lowest BCUT2D eigenvalue weighted by Crippen LogP contribution is -2.09. The summed E-state index contributed by atoms with van der Waals surface area (Å²) in [4.78, 5) is 11.5. The monoisotopic (exact) mass is 382 g/mol. The van der Waals surface area contributed by atoms with Crippen molar-refractivity contribution in [3.05, 3.63) is 27.3 Å². The number of hydrogen-bond acceptors (Lipinski definition) is 8. The van der Waals surface area contributed by atoms with Gasteiger partial charge in [-0.2, -0.15) is 10.4 Å². The molecule has 0 amide bonds. The van der Waals surface area contributed by atoms with Crippen molar-refractivity contribution in [1.82, 2.24) is 20.2 Å². The minimum Gasteiger partial charge on any atom is -0.383 e. The van der Waals surface area contributed by atoms with Crippen LogP contribution in [0.1, 0.15) is 40.6 Å². The summed E-state index contributed by atoms with van der Waals surface area (Å²) in [6.07, 6.45) is 3.30. The summed E-state index contributed by atoms with van der Waals surface area (Å²) in [6, 6.07) is 2.21. The van der Waals surface area contributed by atoms with Gasteiger partial charge >= 0.3 is 0 Å². The van der Waals surface area contributed by atoms with Gasteiger partial charge in [-0.05, 0) is 61.9 Å². The molecule has 8 heteroatoms. The molecule has 0 bridgehead atoms. The van der Waals surface area contributed by atoms with Crippen LogP contribution in [0.25, 0.3) is 10.2 Å². The fourth-order valence-corrected chi connectivity index (χ4v) is 5.56. The Morgan fingerprint density at radius 3 is 2.85 bits per heavy atom. The molecule has 0 radical (unpaired) electrons. The Bertz CT molecular complexity index is 1070. The number of hydrogen-bond donors (Lipinski definition) is 1. The topological polar surface area (TPSA) is 101 Å². The Labute approximate surface area is 159 Å². The predicted molar refractivity (Wildman–Crippen MR) is 103 cm³/mol. The van der Waals surface area contributed by atoms with Crippen LogP contribution in [-0.4, -0.2) is 20.2 Å². The molecule has 1 aliphatic carbocycles. The molecule has 6 nitrogen and oxygen atoms in total. The Hall–Kier alpha value is -2.24. The van der Waals surface area contributed by atoms with E-state index in [1.807, 2.05) is 13.8 Å². The lowest BCUT2D eigenvalue weighted by atomic mass is 9.89. The van der Waals surface area contributed by atoms with Gasteiger partial charge in [0.2, 0.25) is 0 Å². The van der Waals surface area contributed by atoms with Crippen molar-refractivity contribution in [2.45, 2.75) is 50.2 Å². The Morgan fingerprint density at radius 2 is 2.08 bits per heavy atom.